The summed E-state index contributed by atoms with van der Waals surface area (Å²) in [7, 11) is -1.71. The zero-order valence-corrected chi connectivity index (χ0v) is 29.0. The largest absolute Gasteiger partial charge is 0.427 e. The molecule has 1 aliphatic rings. The van der Waals surface area contributed by atoms with Crippen LogP contribution in [0, 0.1) is 24.7 Å². The van der Waals surface area contributed by atoms with E-state index in [1.165, 1.54) is 27.8 Å². The molecule has 0 aliphatic carbocycles. The van der Waals surface area contributed by atoms with E-state index in [0.29, 0.717) is 5.76 Å². The first-order chi connectivity index (χ1) is 20.8. The molecule has 2 unspecified atom stereocenters. The molecule has 0 saturated heterocycles. The molecule has 4 rings (SSSR count). The third-order valence-corrected chi connectivity index (χ3v) is 10.8. The van der Waals surface area contributed by atoms with Crippen molar-refractivity contribution in [2.45, 2.75) is 99.1 Å². The van der Waals surface area contributed by atoms with Gasteiger partial charge in [0.05, 0.1) is 0 Å². The van der Waals surface area contributed by atoms with Crippen LogP contribution in [-0.2, 0) is 16.4 Å². The molecule has 3 aromatic rings. The molecule has 0 aromatic heterocycles. The van der Waals surface area contributed by atoms with Crippen molar-refractivity contribution in [3.05, 3.63) is 124 Å². The predicted molar refractivity (Wildman–Crippen MR) is 187 cm³/mol. The first-order valence-electron chi connectivity index (χ1n) is 15.9. The van der Waals surface area contributed by atoms with Crippen LogP contribution in [0.1, 0.15) is 108 Å². The number of fused-ring (bicyclic) bond motifs is 1. The van der Waals surface area contributed by atoms with E-state index in [9.17, 15) is 0 Å². The van der Waals surface area contributed by atoms with Crippen LogP contribution in [-0.4, -0.2) is 4.67 Å². The Labute approximate surface area is 268 Å². The van der Waals surface area contributed by atoms with Gasteiger partial charge in [-0.1, -0.05) is 113 Å². The van der Waals surface area contributed by atoms with Crippen molar-refractivity contribution < 1.29 is 9.05 Å². The van der Waals surface area contributed by atoms with Crippen molar-refractivity contribution >= 4 is 8.53 Å². The predicted octanol–water partition coefficient (Wildman–Crippen LogP) is 11.6. The first kappa shape index (κ1) is 33.6. The zero-order chi connectivity index (χ0) is 32.1. The van der Waals surface area contributed by atoms with E-state index in [2.05, 4.69) is 152 Å². The summed E-state index contributed by atoms with van der Waals surface area (Å²) >= 11 is 0. The van der Waals surface area contributed by atoms with E-state index < -0.39 is 8.53 Å². The fraction of sp³-hybridized carbons (Fsp3) is 0.400. The molecule has 3 nitrogen and oxygen atoms in total. The lowest BCUT2D eigenvalue weighted by Crippen LogP contribution is -2.29. The summed E-state index contributed by atoms with van der Waals surface area (Å²) in [6.07, 6.45) is 13.2. The Morgan fingerprint density at radius 2 is 1.50 bits per heavy atom. The second kappa shape index (κ2) is 14.2. The van der Waals surface area contributed by atoms with Gasteiger partial charge >= 0.3 is 8.53 Å². The molecule has 3 aromatic carbocycles. The van der Waals surface area contributed by atoms with Crippen LogP contribution in [0.3, 0.4) is 0 Å². The molecule has 0 saturated carbocycles. The average Bonchev–Trinajstić information content (AvgIpc) is 3.01. The Kier molecular flexibility index (Phi) is 10.8. The maximum absolute atomic E-state index is 7.25. The van der Waals surface area contributed by atoms with Crippen molar-refractivity contribution in [2.24, 2.45) is 5.41 Å². The lowest BCUT2D eigenvalue weighted by atomic mass is 9.73. The highest BCUT2D eigenvalue weighted by Gasteiger charge is 2.38. The van der Waals surface area contributed by atoms with E-state index in [4.69, 9.17) is 15.5 Å². The molecule has 1 heterocycles. The Morgan fingerprint density at radius 1 is 0.932 bits per heavy atom. The quantitative estimate of drug-likeness (QED) is 0.197. The number of terminal acetylenes is 1. The highest BCUT2D eigenvalue weighted by Crippen LogP contribution is 2.56. The normalized spacial score (nSPS) is 21.0. The molecule has 0 fully saturated rings. The van der Waals surface area contributed by atoms with Crippen LogP contribution in [0.25, 0.3) is 0 Å². The van der Waals surface area contributed by atoms with E-state index in [1.807, 2.05) is 6.08 Å². The molecule has 44 heavy (non-hydrogen) atoms. The smallest absolute Gasteiger partial charge is 0.386 e. The van der Waals surface area contributed by atoms with Gasteiger partial charge in [0, 0.05) is 12.1 Å². The number of benzene rings is 3. The highest BCUT2D eigenvalue weighted by molar-refractivity contribution is 7.45. The lowest BCUT2D eigenvalue weighted by Gasteiger charge is -2.39. The summed E-state index contributed by atoms with van der Waals surface area (Å²) in [6, 6.07) is 25.7. The first-order valence-corrected chi connectivity index (χ1v) is 17.0. The summed E-state index contributed by atoms with van der Waals surface area (Å²) in [5.74, 6) is 4.21. The summed E-state index contributed by atoms with van der Waals surface area (Å²) in [5.41, 5.74) is 7.27. The van der Waals surface area contributed by atoms with Crippen LogP contribution in [0.15, 0.2) is 96.3 Å². The van der Waals surface area contributed by atoms with Gasteiger partial charge in [-0.3, -0.25) is 0 Å². The SMILES string of the molecule is C#C/C1=C\C(C)=C/CC(C)(C)Cc2c(cc(C)cc2C(C)(C)CC)OP(N(C(C)c2ccccc2)[C@H](C)c2ccccc2)O1. The number of aryl methyl sites for hydroxylation is 1. The van der Waals surface area contributed by atoms with Crippen molar-refractivity contribution in [2.75, 3.05) is 0 Å². The van der Waals surface area contributed by atoms with Gasteiger partial charge < -0.3 is 9.05 Å². The van der Waals surface area contributed by atoms with Gasteiger partial charge in [0.25, 0.3) is 0 Å². The van der Waals surface area contributed by atoms with Gasteiger partial charge in [0.1, 0.15) is 5.75 Å². The van der Waals surface area contributed by atoms with E-state index in [1.54, 1.807) is 0 Å². The van der Waals surface area contributed by atoms with Crippen LogP contribution >= 0.6 is 8.53 Å². The summed E-state index contributed by atoms with van der Waals surface area (Å²) in [6.45, 7) is 20.4. The Balaban J connectivity index is 1.99. The molecule has 1 aliphatic heterocycles. The zero-order valence-electron chi connectivity index (χ0n) is 28.1. The summed E-state index contributed by atoms with van der Waals surface area (Å²) in [5, 5.41) is 0. The van der Waals surface area contributed by atoms with Crippen molar-refractivity contribution in [3.8, 4) is 18.1 Å². The summed E-state index contributed by atoms with van der Waals surface area (Å²) < 4.78 is 16.5. The second-order valence-electron chi connectivity index (χ2n) is 13.6. The van der Waals surface area contributed by atoms with Crippen LogP contribution in [0.4, 0.5) is 0 Å². The minimum Gasteiger partial charge on any atom is -0.427 e. The molecule has 0 N–H and O–H groups in total. The third kappa shape index (κ3) is 8.04. The monoisotopic (exact) mass is 607 g/mol. The van der Waals surface area contributed by atoms with Crippen molar-refractivity contribution in [1.29, 1.82) is 0 Å². The van der Waals surface area contributed by atoms with Crippen molar-refractivity contribution in [3.63, 3.8) is 0 Å². The standard InChI is InChI=1S/C40H50NO2P/c1-11-35-25-29(3)23-24-39(7,8)28-36-37(40(9,10)12-2)26-30(4)27-38(36)43-44(42-35)41(31(5)33-19-15-13-16-20-33)32(6)34-21-17-14-18-22-34/h1,13-23,25-27,31-32H,12,24,28H2,2-10H3/b29-23-,35-25+/t31-,32?,44?/m1/s1. The van der Waals surface area contributed by atoms with Gasteiger partial charge in [0.2, 0.25) is 0 Å². The fourth-order valence-electron chi connectivity index (χ4n) is 5.86. The molecule has 3 atom stereocenters. The molecular weight excluding hydrogens is 557 g/mol. The van der Waals surface area contributed by atoms with E-state index in [-0.39, 0.29) is 22.9 Å². The maximum Gasteiger partial charge on any atom is 0.386 e. The lowest BCUT2D eigenvalue weighted by molar-refractivity contribution is 0.232. The van der Waals surface area contributed by atoms with E-state index in [0.717, 1.165) is 30.6 Å². The fourth-order valence-corrected chi connectivity index (χ4v) is 7.52. The van der Waals surface area contributed by atoms with Gasteiger partial charge in [-0.2, -0.15) is 0 Å². The Morgan fingerprint density at radius 3 is 2.02 bits per heavy atom. The number of hydrogen-bond acceptors (Lipinski definition) is 3. The third-order valence-electron chi connectivity index (χ3n) is 9.00. The van der Waals surface area contributed by atoms with Gasteiger partial charge in [-0.05, 0) is 104 Å². The van der Waals surface area contributed by atoms with Crippen molar-refractivity contribution in [1.82, 2.24) is 4.67 Å². The molecular formula is C40H50NO2P. The molecule has 0 radical (unpaired) electrons. The van der Waals surface area contributed by atoms with Crippen LogP contribution in [0.5, 0.6) is 5.75 Å². The maximum atomic E-state index is 7.25. The van der Waals surface area contributed by atoms with Gasteiger partial charge in [0.15, 0.2) is 5.76 Å². The molecule has 0 bridgehead atoms. The average molecular weight is 608 g/mol. The van der Waals surface area contributed by atoms with Crippen LogP contribution in [0.2, 0.25) is 0 Å². The molecule has 0 spiro atoms. The van der Waals surface area contributed by atoms with Gasteiger partial charge in [-0.15, -0.1) is 6.42 Å². The van der Waals surface area contributed by atoms with Crippen LogP contribution < -0.4 is 4.52 Å². The molecule has 232 valence electrons. The van der Waals surface area contributed by atoms with E-state index >= 15 is 0 Å². The Bertz CT molecular complexity index is 1470. The second-order valence-corrected chi connectivity index (χ2v) is 14.9. The number of allylic oxidation sites excluding steroid dienone is 4. The topological polar surface area (TPSA) is 21.7 Å². The number of rotatable bonds is 7. The molecule has 4 heteroatoms. The number of hydrogen-bond donors (Lipinski definition) is 0. The van der Waals surface area contributed by atoms with Gasteiger partial charge in [-0.25, -0.2) is 4.67 Å². The highest BCUT2D eigenvalue weighted by atomic mass is 31.2. The minimum atomic E-state index is -1.71. The number of nitrogens with zero attached hydrogens (tertiary/aromatic N) is 1. The molecule has 0 amide bonds. The summed E-state index contributed by atoms with van der Waals surface area (Å²) in [4.78, 5) is 0. The minimum absolute atomic E-state index is 0.00844. The Hall–Kier alpha value is -3.31.